The van der Waals surface area contributed by atoms with Crippen molar-refractivity contribution in [2.45, 2.75) is 60.9 Å². The maximum atomic E-state index is 13.3. The summed E-state index contributed by atoms with van der Waals surface area (Å²) in [7, 11) is 0. The Bertz CT molecular complexity index is 999. The van der Waals surface area contributed by atoms with E-state index < -0.39 is 0 Å². The number of nitrogens with zero attached hydrogens (tertiary/aromatic N) is 3. The SMILES string of the molecule is CCn1c(-c2c(C)cc(C)cc2C)nn2c(C)cc(C(C)C)c2c1=O. The van der Waals surface area contributed by atoms with Gasteiger partial charge in [0.1, 0.15) is 5.52 Å². The summed E-state index contributed by atoms with van der Waals surface area (Å²) in [5.74, 6) is 1.04. The molecule has 25 heavy (non-hydrogen) atoms. The highest BCUT2D eigenvalue weighted by molar-refractivity contribution is 5.67. The van der Waals surface area contributed by atoms with E-state index in [9.17, 15) is 4.79 Å². The highest BCUT2D eigenvalue weighted by atomic mass is 16.1. The molecule has 0 aliphatic heterocycles. The van der Waals surface area contributed by atoms with Gasteiger partial charge in [-0.15, -0.1) is 5.10 Å². The van der Waals surface area contributed by atoms with Crippen molar-refractivity contribution in [1.29, 1.82) is 0 Å². The summed E-state index contributed by atoms with van der Waals surface area (Å²) in [6.45, 7) is 15.1. The van der Waals surface area contributed by atoms with Gasteiger partial charge < -0.3 is 0 Å². The normalized spacial score (nSPS) is 11.7. The zero-order valence-electron chi connectivity index (χ0n) is 16.3. The Kier molecular flexibility index (Phi) is 4.31. The summed E-state index contributed by atoms with van der Waals surface area (Å²) < 4.78 is 3.64. The van der Waals surface area contributed by atoms with Crippen molar-refractivity contribution in [2.24, 2.45) is 0 Å². The van der Waals surface area contributed by atoms with Gasteiger partial charge in [0, 0.05) is 17.8 Å². The van der Waals surface area contributed by atoms with Gasteiger partial charge in [0.2, 0.25) is 0 Å². The second kappa shape index (κ2) is 6.17. The van der Waals surface area contributed by atoms with E-state index in [1.807, 2.05) is 22.9 Å². The van der Waals surface area contributed by atoms with Crippen molar-refractivity contribution in [2.75, 3.05) is 0 Å². The topological polar surface area (TPSA) is 39.3 Å². The van der Waals surface area contributed by atoms with E-state index >= 15 is 0 Å². The fourth-order valence-corrected chi connectivity index (χ4v) is 3.82. The van der Waals surface area contributed by atoms with Crippen LogP contribution in [-0.2, 0) is 6.54 Å². The van der Waals surface area contributed by atoms with Crippen LogP contribution < -0.4 is 5.56 Å². The zero-order valence-corrected chi connectivity index (χ0v) is 16.3. The summed E-state index contributed by atoms with van der Waals surface area (Å²) in [5.41, 5.74) is 7.42. The number of aromatic nitrogens is 3. The highest BCUT2D eigenvalue weighted by Crippen LogP contribution is 2.28. The van der Waals surface area contributed by atoms with Crippen LogP contribution in [0.3, 0.4) is 0 Å². The minimum absolute atomic E-state index is 0.0451. The summed E-state index contributed by atoms with van der Waals surface area (Å²) in [6.07, 6.45) is 0. The van der Waals surface area contributed by atoms with Crippen molar-refractivity contribution in [3.8, 4) is 11.4 Å². The van der Waals surface area contributed by atoms with Crippen molar-refractivity contribution in [1.82, 2.24) is 14.2 Å². The van der Waals surface area contributed by atoms with Crippen LogP contribution in [0.25, 0.3) is 16.9 Å². The molecule has 0 fully saturated rings. The van der Waals surface area contributed by atoms with E-state index in [2.05, 4.69) is 52.8 Å². The molecule has 0 amide bonds. The van der Waals surface area contributed by atoms with E-state index in [1.54, 1.807) is 0 Å². The van der Waals surface area contributed by atoms with E-state index in [0.29, 0.717) is 12.1 Å². The maximum Gasteiger partial charge on any atom is 0.278 e. The Labute approximate surface area is 149 Å². The van der Waals surface area contributed by atoms with Crippen LogP contribution in [0, 0.1) is 27.7 Å². The zero-order chi connectivity index (χ0) is 18.5. The minimum Gasteiger partial charge on any atom is -0.290 e. The molecule has 4 heteroatoms. The molecule has 0 spiro atoms. The van der Waals surface area contributed by atoms with Crippen LogP contribution in [0.2, 0.25) is 0 Å². The van der Waals surface area contributed by atoms with Gasteiger partial charge in [0.05, 0.1) is 0 Å². The summed E-state index contributed by atoms with van der Waals surface area (Å²) in [6, 6.07) is 6.40. The standard InChI is InChI=1S/C21H27N3O/c1-8-23-20(18-14(5)9-13(4)10-15(18)6)22-24-16(7)11-17(12(2)3)19(24)21(23)25/h9-12H,8H2,1-7H3. The summed E-state index contributed by atoms with van der Waals surface area (Å²) >= 11 is 0. The molecule has 0 aliphatic rings. The molecule has 2 aromatic heterocycles. The molecule has 3 rings (SSSR count). The number of fused-ring (bicyclic) bond motifs is 1. The van der Waals surface area contributed by atoms with Crippen LogP contribution >= 0.6 is 0 Å². The fourth-order valence-electron chi connectivity index (χ4n) is 3.82. The smallest absolute Gasteiger partial charge is 0.278 e. The van der Waals surface area contributed by atoms with Gasteiger partial charge >= 0.3 is 0 Å². The summed E-state index contributed by atoms with van der Waals surface area (Å²) in [5, 5.41) is 4.91. The molecule has 0 unspecified atom stereocenters. The molecule has 2 heterocycles. The molecule has 0 N–H and O–H groups in total. The lowest BCUT2D eigenvalue weighted by atomic mass is 9.99. The largest absolute Gasteiger partial charge is 0.290 e. The molecular formula is C21H27N3O. The molecule has 0 saturated heterocycles. The molecule has 0 atom stereocenters. The number of hydrogen-bond donors (Lipinski definition) is 0. The van der Waals surface area contributed by atoms with E-state index in [4.69, 9.17) is 5.10 Å². The molecule has 132 valence electrons. The van der Waals surface area contributed by atoms with Crippen LogP contribution in [-0.4, -0.2) is 14.2 Å². The molecule has 0 radical (unpaired) electrons. The fraction of sp³-hybridized carbons (Fsp3) is 0.429. The molecule has 3 aromatic rings. The molecule has 0 bridgehead atoms. The number of aryl methyl sites for hydroxylation is 4. The van der Waals surface area contributed by atoms with Gasteiger partial charge in [-0.3, -0.25) is 9.36 Å². The van der Waals surface area contributed by atoms with Crippen LogP contribution in [0.15, 0.2) is 23.0 Å². The van der Waals surface area contributed by atoms with Crippen molar-refractivity contribution >= 4 is 5.52 Å². The van der Waals surface area contributed by atoms with Crippen LogP contribution in [0.1, 0.15) is 54.6 Å². The van der Waals surface area contributed by atoms with E-state index in [-0.39, 0.29) is 11.5 Å². The molecule has 0 aliphatic carbocycles. The van der Waals surface area contributed by atoms with Crippen molar-refractivity contribution < 1.29 is 0 Å². The van der Waals surface area contributed by atoms with Crippen LogP contribution in [0.5, 0.6) is 0 Å². The second-order valence-corrected chi connectivity index (χ2v) is 7.30. The first kappa shape index (κ1) is 17.5. The molecule has 0 saturated carbocycles. The Hall–Kier alpha value is -2.36. The first-order chi connectivity index (χ1) is 11.8. The molecular weight excluding hydrogens is 310 g/mol. The number of rotatable bonds is 3. The lowest BCUT2D eigenvalue weighted by molar-refractivity contribution is 0.685. The lowest BCUT2D eigenvalue weighted by Gasteiger charge is -2.17. The lowest BCUT2D eigenvalue weighted by Crippen LogP contribution is -2.26. The Balaban J connectivity index is 2.46. The van der Waals surface area contributed by atoms with Crippen LogP contribution in [0.4, 0.5) is 0 Å². The Morgan fingerprint density at radius 2 is 1.64 bits per heavy atom. The summed E-state index contributed by atoms with van der Waals surface area (Å²) in [4.78, 5) is 13.3. The maximum absolute atomic E-state index is 13.3. The van der Waals surface area contributed by atoms with Crippen molar-refractivity contribution in [3.63, 3.8) is 0 Å². The van der Waals surface area contributed by atoms with E-state index in [0.717, 1.165) is 33.8 Å². The van der Waals surface area contributed by atoms with Gasteiger partial charge in [0.25, 0.3) is 5.56 Å². The minimum atomic E-state index is 0.0451. The third-order valence-electron chi connectivity index (χ3n) is 4.92. The molecule has 4 nitrogen and oxygen atoms in total. The van der Waals surface area contributed by atoms with Gasteiger partial charge in [-0.25, -0.2) is 4.52 Å². The third-order valence-corrected chi connectivity index (χ3v) is 4.92. The predicted octanol–water partition coefficient (Wildman–Crippen LogP) is 4.54. The van der Waals surface area contributed by atoms with Gasteiger partial charge in [-0.05, 0) is 63.3 Å². The molecule has 1 aromatic carbocycles. The van der Waals surface area contributed by atoms with E-state index in [1.165, 1.54) is 5.56 Å². The second-order valence-electron chi connectivity index (χ2n) is 7.30. The predicted molar refractivity (Wildman–Crippen MR) is 104 cm³/mol. The number of benzene rings is 1. The average molecular weight is 337 g/mol. The Morgan fingerprint density at radius 1 is 1.04 bits per heavy atom. The van der Waals surface area contributed by atoms with Gasteiger partial charge in [0.15, 0.2) is 5.82 Å². The monoisotopic (exact) mass is 337 g/mol. The number of hydrogen-bond acceptors (Lipinski definition) is 2. The van der Waals surface area contributed by atoms with Gasteiger partial charge in [-0.1, -0.05) is 31.5 Å². The highest BCUT2D eigenvalue weighted by Gasteiger charge is 2.20. The Morgan fingerprint density at radius 3 is 2.16 bits per heavy atom. The average Bonchev–Trinajstić information content (AvgIpc) is 2.84. The van der Waals surface area contributed by atoms with Gasteiger partial charge in [-0.2, -0.15) is 0 Å². The third kappa shape index (κ3) is 2.70. The first-order valence-electron chi connectivity index (χ1n) is 8.97. The first-order valence-corrected chi connectivity index (χ1v) is 8.97. The van der Waals surface area contributed by atoms with Crippen molar-refractivity contribution in [3.05, 3.63) is 56.5 Å². The quantitative estimate of drug-likeness (QED) is 0.704.